The van der Waals surface area contributed by atoms with E-state index in [4.69, 9.17) is 0 Å². The summed E-state index contributed by atoms with van der Waals surface area (Å²) in [5, 5.41) is 0.716. The van der Waals surface area contributed by atoms with Gasteiger partial charge in [-0.25, -0.2) is 4.98 Å². The molecule has 2 heterocycles. The van der Waals surface area contributed by atoms with Crippen LogP contribution in [0, 0.1) is 0 Å². The summed E-state index contributed by atoms with van der Waals surface area (Å²) in [6.07, 6.45) is 4.57. The molecule has 0 saturated carbocycles. The number of ketones is 1. The molecule has 0 atom stereocenters. The highest BCUT2D eigenvalue weighted by Crippen LogP contribution is 2.34. The Morgan fingerprint density at radius 2 is 2.04 bits per heavy atom. The van der Waals surface area contributed by atoms with Crippen molar-refractivity contribution in [2.75, 3.05) is 0 Å². The fourth-order valence-electron chi connectivity index (χ4n) is 3.01. The molecule has 0 aliphatic heterocycles. The van der Waals surface area contributed by atoms with Crippen LogP contribution in [0.4, 0.5) is 0 Å². The number of carbonyl (C=O) groups is 1. The first kappa shape index (κ1) is 14.8. The van der Waals surface area contributed by atoms with E-state index in [2.05, 4.69) is 20.9 Å². The smallest absolute Gasteiger partial charge is 0.262 e. The minimum absolute atomic E-state index is 0.0219. The number of Topliss-reactive ketones (excluding diaryl/α,β-unsaturated/α-hetero) is 1. The first-order valence-electron chi connectivity index (χ1n) is 7.42. The van der Waals surface area contributed by atoms with Gasteiger partial charge in [-0.05, 0) is 37.0 Å². The van der Waals surface area contributed by atoms with E-state index in [0.717, 1.165) is 34.1 Å². The molecule has 2 aromatic heterocycles. The van der Waals surface area contributed by atoms with Crippen LogP contribution in [0.3, 0.4) is 0 Å². The lowest BCUT2D eigenvalue weighted by Crippen LogP contribution is -2.24. The monoisotopic (exact) mass is 388 g/mol. The Bertz CT molecular complexity index is 973. The van der Waals surface area contributed by atoms with Crippen LogP contribution in [0.1, 0.15) is 27.2 Å². The summed E-state index contributed by atoms with van der Waals surface area (Å²) in [6.45, 7) is 0.0219. The highest BCUT2D eigenvalue weighted by molar-refractivity contribution is 9.10. The van der Waals surface area contributed by atoms with Gasteiger partial charge in [-0.3, -0.25) is 14.2 Å². The second-order valence-corrected chi connectivity index (χ2v) is 7.64. The van der Waals surface area contributed by atoms with Crippen molar-refractivity contribution in [2.24, 2.45) is 0 Å². The van der Waals surface area contributed by atoms with E-state index in [1.54, 1.807) is 23.5 Å². The van der Waals surface area contributed by atoms with E-state index in [9.17, 15) is 9.59 Å². The molecule has 0 saturated heterocycles. The van der Waals surface area contributed by atoms with Crippen LogP contribution in [0.2, 0.25) is 0 Å². The number of rotatable bonds is 3. The molecule has 1 aliphatic rings. The molecular formula is C17H13BrN2O2S. The number of benzene rings is 1. The third-order valence-corrected chi connectivity index (χ3v) is 5.90. The van der Waals surface area contributed by atoms with Crippen LogP contribution in [-0.4, -0.2) is 15.3 Å². The Balaban J connectivity index is 1.72. The second kappa shape index (κ2) is 5.69. The first-order chi connectivity index (χ1) is 11.1. The van der Waals surface area contributed by atoms with Crippen molar-refractivity contribution in [3.05, 3.63) is 61.4 Å². The SMILES string of the molecule is O=C(Cn1cnc2sc3c(c2c1=O)CCC3)c1ccc(Br)cc1. The fourth-order valence-corrected chi connectivity index (χ4v) is 4.50. The fraction of sp³-hybridized carbons (Fsp3) is 0.235. The highest BCUT2D eigenvalue weighted by atomic mass is 79.9. The Morgan fingerprint density at radius 3 is 2.83 bits per heavy atom. The molecule has 4 rings (SSSR count). The molecule has 116 valence electrons. The highest BCUT2D eigenvalue weighted by Gasteiger charge is 2.21. The van der Waals surface area contributed by atoms with Gasteiger partial charge in [0.15, 0.2) is 5.78 Å². The number of hydrogen-bond donors (Lipinski definition) is 0. The van der Waals surface area contributed by atoms with Crippen molar-refractivity contribution < 1.29 is 4.79 Å². The van der Waals surface area contributed by atoms with Gasteiger partial charge in [-0.15, -0.1) is 11.3 Å². The van der Waals surface area contributed by atoms with Crippen LogP contribution in [0.15, 0.2) is 39.9 Å². The summed E-state index contributed by atoms with van der Waals surface area (Å²) >= 11 is 4.96. The van der Waals surface area contributed by atoms with Gasteiger partial charge in [0.1, 0.15) is 4.83 Å². The third kappa shape index (κ3) is 2.56. The molecule has 6 heteroatoms. The van der Waals surface area contributed by atoms with Gasteiger partial charge in [-0.1, -0.05) is 28.1 Å². The van der Waals surface area contributed by atoms with Gasteiger partial charge in [0.25, 0.3) is 5.56 Å². The molecule has 0 amide bonds. The maximum Gasteiger partial charge on any atom is 0.262 e. The van der Waals surface area contributed by atoms with Gasteiger partial charge in [0.05, 0.1) is 18.3 Å². The van der Waals surface area contributed by atoms with Gasteiger partial charge in [0.2, 0.25) is 0 Å². The molecule has 0 spiro atoms. The molecule has 3 aromatic rings. The molecule has 4 nitrogen and oxygen atoms in total. The topological polar surface area (TPSA) is 52.0 Å². The van der Waals surface area contributed by atoms with Crippen LogP contribution >= 0.6 is 27.3 Å². The quantitative estimate of drug-likeness (QED) is 0.644. The molecule has 0 radical (unpaired) electrons. The largest absolute Gasteiger partial charge is 0.292 e. The number of aromatic nitrogens is 2. The molecule has 1 aromatic carbocycles. The number of halogens is 1. The lowest BCUT2D eigenvalue weighted by atomic mass is 10.1. The second-order valence-electron chi connectivity index (χ2n) is 5.65. The summed E-state index contributed by atoms with van der Waals surface area (Å²) in [5.74, 6) is -0.0902. The van der Waals surface area contributed by atoms with Gasteiger partial charge in [-0.2, -0.15) is 0 Å². The number of carbonyl (C=O) groups excluding carboxylic acids is 1. The molecular weight excluding hydrogens is 376 g/mol. The van der Waals surface area contributed by atoms with Crippen molar-refractivity contribution in [3.63, 3.8) is 0 Å². The average Bonchev–Trinajstić information content (AvgIpc) is 3.11. The van der Waals surface area contributed by atoms with E-state index >= 15 is 0 Å². The van der Waals surface area contributed by atoms with Crippen molar-refractivity contribution in [3.8, 4) is 0 Å². The average molecular weight is 389 g/mol. The van der Waals surface area contributed by atoms with Crippen molar-refractivity contribution >= 4 is 43.3 Å². The first-order valence-corrected chi connectivity index (χ1v) is 9.03. The standard InChI is InChI=1S/C17H13BrN2O2S/c18-11-6-4-10(5-7-11)13(21)8-20-9-19-16-15(17(20)22)12-2-1-3-14(12)23-16/h4-7,9H,1-3,8H2. The lowest BCUT2D eigenvalue weighted by Gasteiger charge is -2.05. The minimum Gasteiger partial charge on any atom is -0.292 e. The van der Waals surface area contributed by atoms with Crippen molar-refractivity contribution in [2.45, 2.75) is 25.8 Å². The molecule has 0 bridgehead atoms. The summed E-state index contributed by atoms with van der Waals surface area (Å²) < 4.78 is 2.35. The predicted molar refractivity (Wildman–Crippen MR) is 94.4 cm³/mol. The summed E-state index contributed by atoms with van der Waals surface area (Å²) in [6, 6.07) is 7.16. The van der Waals surface area contributed by atoms with Crippen LogP contribution in [0.25, 0.3) is 10.2 Å². The normalized spacial score (nSPS) is 13.4. The number of fused-ring (bicyclic) bond motifs is 3. The summed E-state index contributed by atoms with van der Waals surface area (Å²) in [4.78, 5) is 31.6. The molecule has 1 aliphatic carbocycles. The third-order valence-electron chi connectivity index (χ3n) is 4.17. The van der Waals surface area contributed by atoms with Gasteiger partial charge in [0, 0.05) is 14.9 Å². The van der Waals surface area contributed by atoms with E-state index < -0.39 is 0 Å². The minimum atomic E-state index is -0.0974. The Morgan fingerprint density at radius 1 is 1.26 bits per heavy atom. The number of hydrogen-bond acceptors (Lipinski definition) is 4. The van der Waals surface area contributed by atoms with Gasteiger partial charge >= 0.3 is 0 Å². The predicted octanol–water partition coefficient (Wildman–Crippen LogP) is 3.59. The van der Waals surface area contributed by atoms with Crippen molar-refractivity contribution in [1.82, 2.24) is 9.55 Å². The van der Waals surface area contributed by atoms with E-state index in [-0.39, 0.29) is 17.9 Å². The molecule has 0 unspecified atom stereocenters. The lowest BCUT2D eigenvalue weighted by molar-refractivity contribution is 0.0970. The van der Waals surface area contributed by atoms with E-state index in [0.29, 0.717) is 10.9 Å². The molecule has 0 N–H and O–H groups in total. The van der Waals surface area contributed by atoms with Crippen molar-refractivity contribution in [1.29, 1.82) is 0 Å². The molecule has 23 heavy (non-hydrogen) atoms. The van der Waals surface area contributed by atoms with Crippen LogP contribution < -0.4 is 5.56 Å². The Hall–Kier alpha value is -1.79. The zero-order valence-corrected chi connectivity index (χ0v) is 14.6. The van der Waals surface area contributed by atoms with Crippen LogP contribution in [-0.2, 0) is 19.4 Å². The van der Waals surface area contributed by atoms with Crippen LogP contribution in [0.5, 0.6) is 0 Å². The van der Waals surface area contributed by atoms with E-state index in [1.807, 2.05) is 12.1 Å². The summed E-state index contributed by atoms with van der Waals surface area (Å²) in [7, 11) is 0. The number of aryl methyl sites for hydroxylation is 2. The van der Waals surface area contributed by atoms with Gasteiger partial charge < -0.3 is 0 Å². The zero-order chi connectivity index (χ0) is 16.0. The zero-order valence-electron chi connectivity index (χ0n) is 12.2. The van der Waals surface area contributed by atoms with E-state index in [1.165, 1.54) is 15.8 Å². The Kier molecular flexibility index (Phi) is 3.66. The summed E-state index contributed by atoms with van der Waals surface area (Å²) in [5.41, 5.74) is 1.64. The maximum atomic E-state index is 12.7. The maximum absolute atomic E-state index is 12.7. The number of nitrogens with zero attached hydrogens (tertiary/aromatic N) is 2. The molecule has 0 fully saturated rings. The number of thiophene rings is 1. The Labute approximate surface area is 144 Å².